The Hall–Kier alpha value is -1.36. The lowest BCUT2D eigenvalue weighted by Crippen LogP contribution is -2.53. The first kappa shape index (κ1) is 18.4. The number of likely N-dealkylation sites (tertiary alicyclic amines) is 2. The predicted molar refractivity (Wildman–Crippen MR) is 99.1 cm³/mol. The summed E-state index contributed by atoms with van der Waals surface area (Å²) < 4.78 is 0. The normalized spacial score (nSPS) is 30.8. The molecular formula is C20H33N3O2. The molecule has 0 aromatic rings. The zero-order chi connectivity index (χ0) is 18.0. The van der Waals surface area contributed by atoms with Gasteiger partial charge < -0.3 is 14.7 Å². The van der Waals surface area contributed by atoms with Gasteiger partial charge >= 0.3 is 0 Å². The summed E-state index contributed by atoms with van der Waals surface area (Å²) in [5.74, 6) is 0.559. The van der Waals surface area contributed by atoms with E-state index >= 15 is 0 Å². The molecule has 25 heavy (non-hydrogen) atoms. The first-order valence-electron chi connectivity index (χ1n) is 10.0. The molecule has 0 aromatic heterocycles. The van der Waals surface area contributed by atoms with Crippen LogP contribution >= 0.6 is 0 Å². The zero-order valence-corrected chi connectivity index (χ0v) is 15.8. The van der Waals surface area contributed by atoms with E-state index in [-0.39, 0.29) is 23.9 Å². The van der Waals surface area contributed by atoms with Crippen molar-refractivity contribution in [2.24, 2.45) is 5.92 Å². The SMILES string of the molecule is C=CC(=O)N1C(C(=O)N(C)C2CCN(CC)CC2)CC2CCCCC21. The minimum atomic E-state index is -0.284. The van der Waals surface area contributed by atoms with E-state index < -0.39 is 0 Å². The lowest BCUT2D eigenvalue weighted by molar-refractivity contribution is -0.144. The molecular weight excluding hydrogens is 314 g/mol. The lowest BCUT2D eigenvalue weighted by atomic mass is 9.84. The van der Waals surface area contributed by atoms with Gasteiger partial charge in [0.25, 0.3) is 0 Å². The number of piperidine rings is 1. The third-order valence-corrected chi connectivity index (χ3v) is 6.70. The van der Waals surface area contributed by atoms with Gasteiger partial charge in [0, 0.05) is 32.2 Å². The van der Waals surface area contributed by atoms with Crippen molar-refractivity contribution in [3.05, 3.63) is 12.7 Å². The number of rotatable bonds is 4. The number of nitrogens with zero attached hydrogens (tertiary/aromatic N) is 3. The van der Waals surface area contributed by atoms with E-state index in [9.17, 15) is 9.59 Å². The summed E-state index contributed by atoms with van der Waals surface area (Å²) in [7, 11) is 1.94. The molecule has 0 N–H and O–H groups in total. The van der Waals surface area contributed by atoms with E-state index in [2.05, 4.69) is 18.4 Å². The average Bonchev–Trinajstić information content (AvgIpc) is 3.05. The van der Waals surface area contributed by atoms with Gasteiger partial charge in [-0.25, -0.2) is 0 Å². The van der Waals surface area contributed by atoms with Crippen LogP contribution < -0.4 is 0 Å². The van der Waals surface area contributed by atoms with E-state index in [0.29, 0.717) is 12.0 Å². The van der Waals surface area contributed by atoms with E-state index in [1.165, 1.54) is 12.5 Å². The van der Waals surface area contributed by atoms with E-state index in [0.717, 1.165) is 58.2 Å². The fourth-order valence-corrected chi connectivity index (χ4v) is 5.14. The highest BCUT2D eigenvalue weighted by Crippen LogP contribution is 2.40. The number of carbonyl (C=O) groups excluding carboxylic acids is 2. The van der Waals surface area contributed by atoms with Gasteiger partial charge in [-0.2, -0.15) is 0 Å². The Morgan fingerprint density at radius 2 is 1.84 bits per heavy atom. The number of hydrogen-bond donors (Lipinski definition) is 0. The molecule has 0 aromatic carbocycles. The van der Waals surface area contributed by atoms with Gasteiger partial charge in [-0.05, 0) is 50.6 Å². The molecule has 2 heterocycles. The van der Waals surface area contributed by atoms with Crippen molar-refractivity contribution in [1.29, 1.82) is 0 Å². The molecule has 3 rings (SSSR count). The van der Waals surface area contributed by atoms with Crippen molar-refractivity contribution >= 4 is 11.8 Å². The Balaban J connectivity index is 1.71. The summed E-state index contributed by atoms with van der Waals surface area (Å²) in [6, 6.07) is 0.259. The molecule has 1 aliphatic carbocycles. The number of likely N-dealkylation sites (N-methyl/N-ethyl adjacent to an activating group) is 1. The Morgan fingerprint density at radius 1 is 1.16 bits per heavy atom. The highest BCUT2D eigenvalue weighted by molar-refractivity contribution is 5.93. The van der Waals surface area contributed by atoms with Crippen molar-refractivity contribution in [2.45, 2.75) is 70.0 Å². The fraction of sp³-hybridized carbons (Fsp3) is 0.800. The monoisotopic (exact) mass is 347 g/mol. The third-order valence-electron chi connectivity index (χ3n) is 6.70. The molecule has 2 aliphatic heterocycles. The molecule has 5 nitrogen and oxygen atoms in total. The van der Waals surface area contributed by atoms with Crippen molar-refractivity contribution in [1.82, 2.24) is 14.7 Å². The average molecular weight is 348 g/mol. The Kier molecular flexibility index (Phi) is 5.82. The van der Waals surface area contributed by atoms with Gasteiger partial charge in [0.1, 0.15) is 6.04 Å². The molecule has 3 unspecified atom stereocenters. The maximum absolute atomic E-state index is 13.3. The molecule has 3 fully saturated rings. The molecule has 1 saturated carbocycles. The summed E-state index contributed by atoms with van der Waals surface area (Å²) in [6.45, 7) is 9.06. The van der Waals surface area contributed by atoms with E-state index in [1.54, 1.807) is 0 Å². The van der Waals surface area contributed by atoms with Crippen LogP contribution in [0.15, 0.2) is 12.7 Å². The number of amides is 2. The van der Waals surface area contributed by atoms with E-state index in [4.69, 9.17) is 0 Å². The van der Waals surface area contributed by atoms with Gasteiger partial charge in [-0.15, -0.1) is 0 Å². The Labute approximate surface area is 152 Å². The number of hydrogen-bond acceptors (Lipinski definition) is 3. The maximum Gasteiger partial charge on any atom is 0.246 e. The minimum absolute atomic E-state index is 0.0676. The quantitative estimate of drug-likeness (QED) is 0.733. The number of fused-ring (bicyclic) bond motifs is 1. The highest BCUT2D eigenvalue weighted by atomic mass is 16.2. The van der Waals surface area contributed by atoms with Crippen LogP contribution in [0, 0.1) is 5.92 Å². The van der Waals surface area contributed by atoms with Crippen molar-refractivity contribution in [3.8, 4) is 0 Å². The zero-order valence-electron chi connectivity index (χ0n) is 15.8. The molecule has 0 radical (unpaired) electrons. The smallest absolute Gasteiger partial charge is 0.246 e. The van der Waals surface area contributed by atoms with Crippen LogP contribution in [-0.4, -0.2) is 71.3 Å². The molecule has 2 saturated heterocycles. The van der Waals surface area contributed by atoms with Crippen LogP contribution in [0.1, 0.15) is 51.9 Å². The topological polar surface area (TPSA) is 43.9 Å². The first-order valence-corrected chi connectivity index (χ1v) is 10.0. The van der Waals surface area contributed by atoms with Crippen LogP contribution in [0.25, 0.3) is 0 Å². The highest BCUT2D eigenvalue weighted by Gasteiger charge is 2.48. The standard InChI is InChI=1S/C20H33N3O2/c1-4-19(24)23-17-9-7-6-8-15(17)14-18(23)20(25)21(3)16-10-12-22(5-2)13-11-16/h4,15-18H,1,5-14H2,2-3H3. The molecule has 3 atom stereocenters. The van der Waals surface area contributed by atoms with Crippen molar-refractivity contribution < 1.29 is 9.59 Å². The van der Waals surface area contributed by atoms with Gasteiger partial charge in [-0.3, -0.25) is 9.59 Å². The largest absolute Gasteiger partial charge is 0.341 e. The van der Waals surface area contributed by atoms with Gasteiger partial charge in [0.2, 0.25) is 11.8 Å². The second-order valence-corrected chi connectivity index (χ2v) is 7.93. The lowest BCUT2D eigenvalue weighted by Gasteiger charge is -2.39. The van der Waals surface area contributed by atoms with Crippen molar-refractivity contribution in [2.75, 3.05) is 26.7 Å². The van der Waals surface area contributed by atoms with Gasteiger partial charge in [0.15, 0.2) is 0 Å². The predicted octanol–water partition coefficient (Wildman–Crippen LogP) is 2.27. The third kappa shape index (κ3) is 3.62. The summed E-state index contributed by atoms with van der Waals surface area (Å²) in [4.78, 5) is 32.0. The molecule has 5 heteroatoms. The van der Waals surface area contributed by atoms with E-state index in [1.807, 2.05) is 16.8 Å². The minimum Gasteiger partial charge on any atom is -0.341 e. The van der Waals surface area contributed by atoms with Gasteiger partial charge in [0.05, 0.1) is 0 Å². The van der Waals surface area contributed by atoms with Crippen molar-refractivity contribution in [3.63, 3.8) is 0 Å². The van der Waals surface area contributed by atoms with Crippen LogP contribution in [0.5, 0.6) is 0 Å². The second kappa shape index (κ2) is 7.90. The fourth-order valence-electron chi connectivity index (χ4n) is 5.14. The molecule has 0 spiro atoms. The first-order chi connectivity index (χ1) is 12.1. The van der Waals surface area contributed by atoms with Crippen LogP contribution in [0.4, 0.5) is 0 Å². The molecule has 2 amide bonds. The second-order valence-electron chi connectivity index (χ2n) is 7.93. The summed E-state index contributed by atoms with van der Waals surface area (Å²) in [6.07, 6.45) is 8.85. The molecule has 3 aliphatic rings. The summed E-state index contributed by atoms with van der Waals surface area (Å²) in [5.41, 5.74) is 0. The van der Waals surface area contributed by atoms with Gasteiger partial charge in [-0.1, -0.05) is 26.3 Å². The van der Waals surface area contributed by atoms with Crippen LogP contribution in [0.2, 0.25) is 0 Å². The number of carbonyl (C=O) groups is 2. The molecule has 0 bridgehead atoms. The Morgan fingerprint density at radius 3 is 2.48 bits per heavy atom. The summed E-state index contributed by atoms with van der Waals surface area (Å²) in [5, 5.41) is 0. The molecule has 140 valence electrons. The van der Waals surface area contributed by atoms with Crippen LogP contribution in [-0.2, 0) is 9.59 Å². The maximum atomic E-state index is 13.3. The van der Waals surface area contributed by atoms with Crippen LogP contribution in [0.3, 0.4) is 0 Å². The summed E-state index contributed by atoms with van der Waals surface area (Å²) >= 11 is 0. The Bertz CT molecular complexity index is 513.